The van der Waals surface area contributed by atoms with E-state index in [9.17, 15) is 13.2 Å². The maximum atomic E-state index is 13.6. The van der Waals surface area contributed by atoms with Crippen molar-refractivity contribution >= 4 is 15.5 Å². The topological polar surface area (TPSA) is 116 Å². The Kier molecular flexibility index (Phi) is 12.7. The van der Waals surface area contributed by atoms with E-state index in [0.29, 0.717) is 42.2 Å². The van der Waals surface area contributed by atoms with E-state index in [1.165, 1.54) is 17.1 Å². The van der Waals surface area contributed by atoms with Crippen molar-refractivity contribution in [3.05, 3.63) is 40.1 Å². The molecule has 2 heterocycles. The Morgan fingerprint density at radius 2 is 1.72 bits per heavy atom. The highest BCUT2D eigenvalue weighted by atomic mass is 32.2. The van der Waals surface area contributed by atoms with Crippen LogP contribution in [-0.2, 0) is 10.0 Å². The molecule has 2 aromatic heterocycles. The molecule has 1 N–H and O–H groups in total. The van der Waals surface area contributed by atoms with Crippen molar-refractivity contribution in [2.75, 3.05) is 61.0 Å². The maximum absolute atomic E-state index is 13.6. The second kappa shape index (κ2) is 15.8. The van der Waals surface area contributed by atoms with Crippen molar-refractivity contribution in [1.82, 2.24) is 33.7 Å². The van der Waals surface area contributed by atoms with E-state index in [1.807, 2.05) is 35.0 Å². The lowest BCUT2D eigenvalue weighted by atomic mass is 9.97. The average molecular weight is 618 g/mol. The number of nitrogens with one attached hydrogen (secondary N) is 1. The number of likely N-dealkylation sites (N-methyl/N-ethyl adjacent to an activating group) is 3. The number of sulfonamides is 1. The summed E-state index contributed by atoms with van der Waals surface area (Å²) >= 11 is 0. The summed E-state index contributed by atoms with van der Waals surface area (Å²) in [6, 6.07) is 4.72. The molecule has 1 atom stereocenters. The molecule has 0 amide bonds. The van der Waals surface area contributed by atoms with Crippen LogP contribution in [0.2, 0.25) is 0 Å². The van der Waals surface area contributed by atoms with Gasteiger partial charge in [0, 0.05) is 39.1 Å². The van der Waals surface area contributed by atoms with Crippen LogP contribution in [0.5, 0.6) is 5.75 Å². The van der Waals surface area contributed by atoms with E-state index in [1.54, 1.807) is 29.8 Å². The van der Waals surface area contributed by atoms with Gasteiger partial charge in [0.15, 0.2) is 11.3 Å². The first-order valence-electron chi connectivity index (χ1n) is 15.5. The predicted octanol–water partition coefficient (Wildman–Crippen LogP) is 4.37. The van der Waals surface area contributed by atoms with Crippen LogP contribution < -0.4 is 10.3 Å². The molecule has 0 fully saturated rings. The number of rotatable bonds is 18. The van der Waals surface area contributed by atoms with Crippen molar-refractivity contribution in [2.45, 2.75) is 77.0 Å². The number of ether oxygens (including phenoxy) is 1. The van der Waals surface area contributed by atoms with Crippen molar-refractivity contribution < 1.29 is 13.2 Å². The number of H-pyrrole nitrogens is 1. The highest BCUT2D eigenvalue weighted by molar-refractivity contribution is 7.89. The Morgan fingerprint density at radius 1 is 1.00 bits per heavy atom. The fourth-order valence-corrected chi connectivity index (χ4v) is 6.33. The normalized spacial score (nSPS) is 13.1. The van der Waals surface area contributed by atoms with E-state index in [2.05, 4.69) is 28.6 Å². The second-order valence-electron chi connectivity index (χ2n) is 11.6. The molecular formula is C31H51N7O4S. The highest BCUT2D eigenvalue weighted by Crippen LogP contribution is 2.32. The number of hydrogen-bond donors (Lipinski definition) is 1. The van der Waals surface area contributed by atoms with E-state index in [0.717, 1.165) is 44.6 Å². The first kappa shape index (κ1) is 34.7. The zero-order valence-electron chi connectivity index (χ0n) is 27.3. The molecule has 0 spiro atoms. The largest absolute Gasteiger partial charge is 0.493 e. The summed E-state index contributed by atoms with van der Waals surface area (Å²) in [7, 11) is 3.78. The summed E-state index contributed by atoms with van der Waals surface area (Å²) in [6.07, 6.45) is 6.46. The fraction of sp³-hybridized carbons (Fsp3) is 0.645. The van der Waals surface area contributed by atoms with Crippen molar-refractivity contribution in [2.24, 2.45) is 0 Å². The molecule has 12 heteroatoms. The fourth-order valence-electron chi connectivity index (χ4n) is 5.14. The van der Waals surface area contributed by atoms with Crippen LogP contribution in [0, 0.1) is 6.92 Å². The summed E-state index contributed by atoms with van der Waals surface area (Å²) in [6.45, 7) is 11.0. The lowest BCUT2D eigenvalue weighted by Gasteiger charge is -2.23. The molecule has 43 heavy (non-hydrogen) atoms. The van der Waals surface area contributed by atoms with Gasteiger partial charge in [0.1, 0.15) is 11.6 Å². The molecule has 240 valence electrons. The quantitative estimate of drug-likeness (QED) is 0.209. The number of hydrogen-bond acceptors (Lipinski definition) is 8. The average Bonchev–Trinajstić information content (AvgIpc) is 3.31. The molecule has 0 aliphatic heterocycles. The number of aromatic amines is 1. The zero-order valence-corrected chi connectivity index (χ0v) is 28.1. The van der Waals surface area contributed by atoms with Gasteiger partial charge in [0.25, 0.3) is 5.56 Å². The molecular weight excluding hydrogens is 566 g/mol. The van der Waals surface area contributed by atoms with Gasteiger partial charge in [0.2, 0.25) is 10.0 Å². The minimum absolute atomic E-state index is 0.108. The van der Waals surface area contributed by atoms with Gasteiger partial charge in [-0.2, -0.15) is 4.31 Å². The third kappa shape index (κ3) is 8.65. The monoisotopic (exact) mass is 617 g/mol. The van der Waals surface area contributed by atoms with Gasteiger partial charge in [-0.25, -0.2) is 17.9 Å². The van der Waals surface area contributed by atoms with Crippen LogP contribution in [-0.4, -0.2) is 103 Å². The Hall–Kier alpha value is -2.80. The van der Waals surface area contributed by atoms with Gasteiger partial charge >= 0.3 is 0 Å². The Balaban J connectivity index is 2.01. The number of benzene rings is 1. The molecule has 3 rings (SSSR count). The smallest absolute Gasteiger partial charge is 0.277 e. The minimum Gasteiger partial charge on any atom is -0.493 e. The molecule has 0 aliphatic rings. The summed E-state index contributed by atoms with van der Waals surface area (Å²) in [4.78, 5) is 25.4. The number of unbranched alkanes of at least 4 members (excludes halogenated alkanes) is 3. The van der Waals surface area contributed by atoms with Crippen LogP contribution in [0.1, 0.15) is 76.7 Å². The first-order valence-corrected chi connectivity index (χ1v) is 16.9. The van der Waals surface area contributed by atoms with Crippen LogP contribution >= 0.6 is 0 Å². The van der Waals surface area contributed by atoms with Gasteiger partial charge in [-0.1, -0.05) is 39.5 Å². The van der Waals surface area contributed by atoms with Gasteiger partial charge in [-0.15, -0.1) is 5.10 Å². The zero-order chi connectivity index (χ0) is 31.7. The minimum atomic E-state index is -3.82. The van der Waals surface area contributed by atoms with Crippen LogP contribution in [0.3, 0.4) is 0 Å². The van der Waals surface area contributed by atoms with E-state index >= 15 is 0 Å². The van der Waals surface area contributed by atoms with E-state index < -0.39 is 10.0 Å². The highest BCUT2D eigenvalue weighted by Gasteiger charge is 2.25. The molecule has 0 saturated heterocycles. The van der Waals surface area contributed by atoms with Gasteiger partial charge in [-0.05, 0) is 66.0 Å². The van der Waals surface area contributed by atoms with E-state index in [-0.39, 0.29) is 22.2 Å². The molecule has 3 aromatic rings. The first-order chi connectivity index (χ1) is 20.4. The predicted molar refractivity (Wildman–Crippen MR) is 173 cm³/mol. The van der Waals surface area contributed by atoms with Crippen LogP contribution in [0.15, 0.2) is 27.9 Å². The third-order valence-corrected chi connectivity index (χ3v) is 9.76. The van der Waals surface area contributed by atoms with Crippen molar-refractivity contribution in [3.8, 4) is 17.1 Å². The van der Waals surface area contributed by atoms with Gasteiger partial charge < -0.3 is 19.5 Å². The van der Waals surface area contributed by atoms with Crippen molar-refractivity contribution in [3.63, 3.8) is 0 Å². The Labute approximate surface area is 257 Å². The number of aromatic nitrogens is 4. The Morgan fingerprint density at radius 3 is 2.37 bits per heavy atom. The maximum Gasteiger partial charge on any atom is 0.277 e. The third-order valence-electron chi connectivity index (χ3n) is 7.90. The molecule has 0 radical (unpaired) electrons. The number of imidazole rings is 1. The molecule has 1 unspecified atom stereocenters. The standard InChI is InChI=1S/C31H51N7O4S/c1-9-12-13-14-15-24(10-2)30-32-23(4)28-31(39)33-29(34-38(28)30)26-22-25(16-17-27(26)42-11-3)43(40,41)37(8)21-20-36(7)19-18-35(5)6/h16-17,22,24H,9-15,18-21H2,1-8H3,(H,33,34,39). The summed E-state index contributed by atoms with van der Waals surface area (Å²) in [5.74, 6) is 1.60. The number of aryl methyl sites for hydroxylation is 1. The molecule has 1 aromatic carbocycles. The number of nitrogens with zero attached hydrogens (tertiary/aromatic N) is 6. The molecule has 0 aliphatic carbocycles. The molecule has 0 saturated carbocycles. The summed E-state index contributed by atoms with van der Waals surface area (Å²) < 4.78 is 36.1. The van der Waals surface area contributed by atoms with Crippen LogP contribution in [0.4, 0.5) is 0 Å². The Bertz CT molecular complexity index is 1500. The number of fused-ring (bicyclic) bond motifs is 1. The summed E-state index contributed by atoms with van der Waals surface area (Å²) in [5, 5.41) is 4.84. The van der Waals surface area contributed by atoms with Gasteiger partial charge in [0.05, 0.1) is 22.8 Å². The van der Waals surface area contributed by atoms with Gasteiger partial charge in [-0.3, -0.25) is 4.79 Å². The SMILES string of the molecule is CCCCCCC(CC)c1nc(C)c2c(=O)[nH]c(-c3cc(S(=O)(=O)N(C)CCN(C)CCN(C)C)ccc3OCC)nn12. The lowest BCUT2D eigenvalue weighted by molar-refractivity contribution is 0.269. The second-order valence-corrected chi connectivity index (χ2v) is 13.6. The lowest BCUT2D eigenvalue weighted by Crippen LogP contribution is -2.37. The van der Waals surface area contributed by atoms with Crippen molar-refractivity contribution in [1.29, 1.82) is 0 Å². The van der Waals surface area contributed by atoms with Crippen LogP contribution in [0.25, 0.3) is 16.9 Å². The molecule has 11 nitrogen and oxygen atoms in total. The molecule has 0 bridgehead atoms. The van der Waals surface area contributed by atoms with E-state index in [4.69, 9.17) is 14.8 Å². The summed E-state index contributed by atoms with van der Waals surface area (Å²) in [5.41, 5.74) is 1.12.